The van der Waals surface area contributed by atoms with Gasteiger partial charge in [0.15, 0.2) is 0 Å². The number of rotatable bonds is 3. The Bertz CT molecular complexity index is 183. The number of hydrogen-bond donors (Lipinski definition) is 2. The topological polar surface area (TPSA) is 116 Å². The van der Waals surface area contributed by atoms with Gasteiger partial charge in [-0.1, -0.05) is 0 Å². The first kappa shape index (κ1) is 8.97. The number of nitrogens with two attached hydrogens (primary N) is 1. The molecule has 0 saturated carbocycles. The van der Waals surface area contributed by atoms with Gasteiger partial charge in [-0.15, -0.1) is 0 Å². The lowest BCUT2D eigenvalue weighted by Gasteiger charge is -1.98. The molecule has 0 radical (unpaired) electrons. The minimum atomic E-state index is -4.55. The predicted molar refractivity (Wildman–Crippen MR) is 24.5 cm³/mol. The standard InChI is InChI=1S/H3NO6P2/c1-6-9(4,5)7-8(2)3/h1H2,(H,4,5). The van der Waals surface area contributed by atoms with Gasteiger partial charge in [0.25, 0.3) is 0 Å². The Labute approximate surface area is 50.2 Å². The molecule has 9 heavy (non-hydrogen) atoms. The van der Waals surface area contributed by atoms with Gasteiger partial charge in [0, 0.05) is 0 Å². The van der Waals surface area contributed by atoms with Crippen molar-refractivity contribution in [3.8, 4) is 0 Å². The molecule has 0 spiro atoms. The molecule has 9 heteroatoms. The molecule has 0 saturated heterocycles. The second-order valence-electron chi connectivity index (χ2n) is 0.879. The molecule has 0 aromatic carbocycles. The minimum Gasteiger partial charge on any atom is -0.301 e. The van der Waals surface area contributed by atoms with Crippen LogP contribution >= 0.6 is 15.7 Å². The van der Waals surface area contributed by atoms with Gasteiger partial charge in [0.2, 0.25) is 0 Å². The van der Waals surface area contributed by atoms with Crippen LogP contribution in [-0.2, 0) is 22.6 Å². The van der Waals surface area contributed by atoms with Crippen molar-refractivity contribution in [3.05, 3.63) is 0 Å². The molecule has 0 aliphatic heterocycles. The van der Waals surface area contributed by atoms with Crippen LogP contribution in [0.15, 0.2) is 0 Å². The summed E-state index contributed by atoms with van der Waals surface area (Å²) in [6.45, 7) is 0. The van der Waals surface area contributed by atoms with Crippen molar-refractivity contribution in [2.24, 2.45) is 5.90 Å². The fourth-order valence-corrected chi connectivity index (χ4v) is 0.931. The molecule has 0 rings (SSSR count). The minimum absolute atomic E-state index is 3.25. The molecule has 0 aromatic rings. The molecule has 3 N–H and O–H groups in total. The number of phosphoric acid groups is 1. The third-order valence-corrected chi connectivity index (χ3v) is 1.93. The SMILES string of the molecule is NOP(=O)(O)OP(=O)=O. The Morgan fingerprint density at radius 1 is 1.56 bits per heavy atom. The van der Waals surface area contributed by atoms with Crippen molar-refractivity contribution in [1.29, 1.82) is 0 Å². The van der Waals surface area contributed by atoms with Crippen molar-refractivity contribution in [1.82, 2.24) is 0 Å². The Morgan fingerprint density at radius 2 is 2.00 bits per heavy atom. The smallest absolute Gasteiger partial charge is 0.301 e. The van der Waals surface area contributed by atoms with Crippen molar-refractivity contribution in [2.75, 3.05) is 0 Å². The maximum Gasteiger partial charge on any atom is 0.501 e. The first-order valence-electron chi connectivity index (χ1n) is 1.53. The lowest BCUT2D eigenvalue weighted by Crippen LogP contribution is -1.95. The van der Waals surface area contributed by atoms with Crippen LogP contribution in [0.5, 0.6) is 0 Å². The summed E-state index contributed by atoms with van der Waals surface area (Å²) in [5, 5.41) is 0. The zero-order valence-corrected chi connectivity index (χ0v) is 5.75. The van der Waals surface area contributed by atoms with Crippen LogP contribution in [0.2, 0.25) is 0 Å². The molecule has 1 unspecified atom stereocenters. The van der Waals surface area contributed by atoms with Crippen LogP contribution < -0.4 is 5.90 Å². The lowest BCUT2D eigenvalue weighted by atomic mass is 13.6. The third-order valence-electron chi connectivity index (χ3n) is 0.303. The van der Waals surface area contributed by atoms with E-state index in [1.54, 1.807) is 0 Å². The van der Waals surface area contributed by atoms with Gasteiger partial charge in [-0.25, -0.2) is 24.2 Å². The fraction of sp³-hybridized carbons (Fsp3) is 0. The van der Waals surface area contributed by atoms with Gasteiger partial charge in [-0.2, -0.15) is 4.31 Å². The average molecular weight is 175 g/mol. The third kappa shape index (κ3) is 4.47. The maximum atomic E-state index is 10.00. The summed E-state index contributed by atoms with van der Waals surface area (Å²) in [7, 11) is -7.96. The second kappa shape index (κ2) is 3.22. The van der Waals surface area contributed by atoms with E-state index >= 15 is 0 Å². The van der Waals surface area contributed by atoms with Crippen LogP contribution in [0, 0.1) is 0 Å². The van der Waals surface area contributed by atoms with Crippen LogP contribution in [0.4, 0.5) is 0 Å². The van der Waals surface area contributed by atoms with Gasteiger partial charge in [-0.3, -0.25) is 0 Å². The molecule has 1 atom stereocenters. The molecule has 0 bridgehead atoms. The largest absolute Gasteiger partial charge is 0.501 e. The van der Waals surface area contributed by atoms with E-state index in [1.165, 1.54) is 0 Å². The first-order valence-corrected chi connectivity index (χ1v) is 4.12. The van der Waals surface area contributed by atoms with Gasteiger partial charge < -0.3 is 4.89 Å². The van der Waals surface area contributed by atoms with Gasteiger partial charge >= 0.3 is 15.7 Å². The normalized spacial score (nSPS) is 16.7. The molecule has 0 aliphatic carbocycles. The van der Waals surface area contributed by atoms with E-state index in [-0.39, 0.29) is 0 Å². The Morgan fingerprint density at radius 3 is 2.11 bits per heavy atom. The zero-order valence-electron chi connectivity index (χ0n) is 3.96. The average Bonchev–Trinajstić information content (AvgIpc) is 1.63. The summed E-state index contributed by atoms with van der Waals surface area (Å²) in [5.41, 5.74) is 0. The molecule has 0 amide bonds. The highest BCUT2D eigenvalue weighted by Crippen LogP contribution is 2.46. The van der Waals surface area contributed by atoms with Crippen LogP contribution in [0.25, 0.3) is 0 Å². The second-order valence-corrected chi connectivity index (χ2v) is 3.13. The highest BCUT2D eigenvalue weighted by molar-refractivity contribution is 7.54. The summed E-state index contributed by atoms with van der Waals surface area (Å²) < 4.78 is 35.6. The molecular formula is H3NO6P2. The van der Waals surface area contributed by atoms with Crippen LogP contribution in [0.1, 0.15) is 0 Å². The monoisotopic (exact) mass is 175 g/mol. The fourth-order valence-electron chi connectivity index (χ4n) is 0.103. The van der Waals surface area contributed by atoms with E-state index in [0.29, 0.717) is 0 Å². The van der Waals surface area contributed by atoms with E-state index in [0.717, 1.165) is 0 Å². The van der Waals surface area contributed by atoms with E-state index in [1.807, 2.05) is 0 Å². The molecule has 54 valence electrons. The first-order chi connectivity index (χ1) is 3.98. The quantitative estimate of drug-likeness (QED) is 0.460. The van der Waals surface area contributed by atoms with Crippen LogP contribution in [-0.4, -0.2) is 4.89 Å². The van der Waals surface area contributed by atoms with Gasteiger partial charge in [0.1, 0.15) is 0 Å². The van der Waals surface area contributed by atoms with E-state index < -0.39 is 15.7 Å². The van der Waals surface area contributed by atoms with Crippen molar-refractivity contribution < 1.29 is 27.5 Å². The lowest BCUT2D eigenvalue weighted by molar-refractivity contribution is 0.208. The Hall–Kier alpha value is -0.0300. The highest BCUT2D eigenvalue weighted by atomic mass is 31.2. The summed E-state index contributed by atoms with van der Waals surface area (Å²) >= 11 is 0. The maximum absolute atomic E-state index is 10.00. The molecule has 0 heterocycles. The van der Waals surface area contributed by atoms with Crippen molar-refractivity contribution in [2.45, 2.75) is 0 Å². The van der Waals surface area contributed by atoms with Crippen molar-refractivity contribution in [3.63, 3.8) is 0 Å². The molecule has 0 fully saturated rings. The van der Waals surface area contributed by atoms with E-state index in [4.69, 9.17) is 4.89 Å². The highest BCUT2D eigenvalue weighted by Gasteiger charge is 2.22. The van der Waals surface area contributed by atoms with E-state index in [9.17, 15) is 13.7 Å². The van der Waals surface area contributed by atoms with E-state index in [2.05, 4.69) is 14.8 Å². The van der Waals surface area contributed by atoms with Gasteiger partial charge in [0.05, 0.1) is 0 Å². The Kier molecular flexibility index (Phi) is 3.21. The Balaban J connectivity index is 4.04. The molecule has 0 aliphatic rings. The summed E-state index contributed by atoms with van der Waals surface area (Å²) in [6, 6.07) is 0. The summed E-state index contributed by atoms with van der Waals surface area (Å²) in [4.78, 5) is 8.10. The van der Waals surface area contributed by atoms with Crippen LogP contribution in [0.3, 0.4) is 0 Å². The van der Waals surface area contributed by atoms with Crippen molar-refractivity contribution >= 4 is 15.7 Å². The number of hydrogen-bond acceptors (Lipinski definition) is 6. The summed E-state index contributed by atoms with van der Waals surface area (Å²) in [5.74, 6) is 4.15. The molecular weight excluding hydrogens is 172 g/mol. The zero-order chi connectivity index (χ0) is 7.49. The predicted octanol–water partition coefficient (Wildman–Crippen LogP) is 0.0816. The molecule has 7 nitrogen and oxygen atoms in total. The van der Waals surface area contributed by atoms with Gasteiger partial charge in [-0.05, 0) is 0 Å². The molecule has 0 aromatic heterocycles. The summed E-state index contributed by atoms with van der Waals surface area (Å²) in [6.07, 6.45) is 0.